The van der Waals surface area contributed by atoms with Gasteiger partial charge in [0.15, 0.2) is 0 Å². The molecule has 0 atom stereocenters. The number of fused-ring (bicyclic) bond motifs is 1. The Morgan fingerprint density at radius 3 is 2.59 bits per heavy atom. The summed E-state index contributed by atoms with van der Waals surface area (Å²) in [4.78, 5) is 3.26. The first-order valence-electron chi connectivity index (χ1n) is 7.11. The second-order valence-electron chi connectivity index (χ2n) is 5.32. The minimum atomic E-state index is -3.48. The third-order valence-electron chi connectivity index (χ3n) is 3.94. The average molecular weight is 335 g/mol. The smallest absolute Gasteiger partial charge is 0.244 e. The number of piperazine rings is 1. The zero-order valence-corrected chi connectivity index (χ0v) is 14.0. The van der Waals surface area contributed by atoms with Crippen molar-refractivity contribution in [2.75, 3.05) is 32.7 Å². The van der Waals surface area contributed by atoms with Gasteiger partial charge in [0, 0.05) is 41.1 Å². The second-order valence-corrected chi connectivity index (χ2v) is 8.45. The summed E-state index contributed by atoms with van der Waals surface area (Å²) in [6.45, 7) is 4.31. The quantitative estimate of drug-likeness (QED) is 0.805. The molecule has 22 heavy (non-hydrogen) atoms. The summed E-state index contributed by atoms with van der Waals surface area (Å²) in [5, 5.41) is 9.54. The summed E-state index contributed by atoms with van der Waals surface area (Å²) < 4.78 is 28.5. The monoisotopic (exact) mass is 335 g/mol. The summed E-state index contributed by atoms with van der Waals surface area (Å²) in [7, 11) is -3.48. The summed E-state index contributed by atoms with van der Waals surface area (Å²) >= 11 is 1.52. The lowest BCUT2D eigenvalue weighted by Crippen LogP contribution is -2.48. The Balaban J connectivity index is 1.93. The Morgan fingerprint density at radius 1 is 1.23 bits per heavy atom. The first kappa shape index (κ1) is 15.4. The van der Waals surface area contributed by atoms with Crippen LogP contribution in [0.15, 0.2) is 29.2 Å². The number of nitriles is 1. The number of thiophene rings is 1. The van der Waals surface area contributed by atoms with E-state index in [1.54, 1.807) is 4.31 Å². The molecule has 0 spiro atoms. The fourth-order valence-corrected chi connectivity index (χ4v) is 6.01. The number of hydrogen-bond acceptors (Lipinski definition) is 5. The standard InChI is InChI=1S/C15H17N3O2S2/c1-12-15(13-4-2-3-5-14(13)21-12)22(19,20)18-10-8-17(7-6-16)9-11-18/h2-5H,7-11H2,1H3. The highest BCUT2D eigenvalue weighted by atomic mass is 32.2. The van der Waals surface area contributed by atoms with E-state index in [2.05, 4.69) is 6.07 Å². The van der Waals surface area contributed by atoms with E-state index in [1.807, 2.05) is 36.1 Å². The number of sulfonamides is 1. The molecule has 0 radical (unpaired) electrons. The lowest BCUT2D eigenvalue weighted by atomic mass is 10.2. The molecule has 0 amide bonds. The number of nitrogens with zero attached hydrogens (tertiary/aromatic N) is 3. The molecule has 0 unspecified atom stereocenters. The van der Waals surface area contributed by atoms with Gasteiger partial charge >= 0.3 is 0 Å². The fraction of sp³-hybridized carbons (Fsp3) is 0.400. The van der Waals surface area contributed by atoms with E-state index in [4.69, 9.17) is 5.26 Å². The lowest BCUT2D eigenvalue weighted by Gasteiger charge is -2.32. The van der Waals surface area contributed by atoms with Crippen molar-refractivity contribution in [3.63, 3.8) is 0 Å². The highest BCUT2D eigenvalue weighted by Crippen LogP contribution is 2.35. The summed E-state index contributed by atoms with van der Waals surface area (Å²) in [5.41, 5.74) is 0. The molecule has 1 aliphatic rings. The number of aryl methyl sites for hydroxylation is 1. The van der Waals surface area contributed by atoms with E-state index in [0.29, 0.717) is 37.6 Å². The zero-order chi connectivity index (χ0) is 15.7. The molecule has 1 saturated heterocycles. The summed E-state index contributed by atoms with van der Waals surface area (Å²) in [6, 6.07) is 9.74. The Hall–Kier alpha value is -1.46. The van der Waals surface area contributed by atoms with Crippen LogP contribution in [0, 0.1) is 18.3 Å². The van der Waals surface area contributed by atoms with Gasteiger partial charge in [0.1, 0.15) is 4.90 Å². The van der Waals surface area contributed by atoms with Crippen molar-refractivity contribution in [3.8, 4) is 6.07 Å². The van der Waals surface area contributed by atoms with E-state index < -0.39 is 10.0 Å². The number of rotatable bonds is 3. The van der Waals surface area contributed by atoms with E-state index in [-0.39, 0.29) is 0 Å². The highest BCUT2D eigenvalue weighted by molar-refractivity contribution is 7.89. The van der Waals surface area contributed by atoms with Crippen LogP contribution in [0.2, 0.25) is 0 Å². The summed E-state index contributed by atoms with van der Waals surface area (Å²) in [6.07, 6.45) is 0. The molecular formula is C15H17N3O2S2. The van der Waals surface area contributed by atoms with E-state index in [1.165, 1.54) is 11.3 Å². The largest absolute Gasteiger partial charge is 0.288 e. The number of benzene rings is 1. The van der Waals surface area contributed by atoms with Crippen LogP contribution in [0.3, 0.4) is 0 Å². The Labute approximate surface area is 134 Å². The molecular weight excluding hydrogens is 318 g/mol. The predicted octanol–water partition coefficient (Wildman–Crippen LogP) is 2.04. The fourth-order valence-electron chi connectivity index (χ4n) is 2.82. The van der Waals surface area contributed by atoms with Crippen LogP contribution >= 0.6 is 11.3 Å². The van der Waals surface area contributed by atoms with Crippen molar-refractivity contribution >= 4 is 31.4 Å². The van der Waals surface area contributed by atoms with E-state index in [9.17, 15) is 8.42 Å². The zero-order valence-electron chi connectivity index (χ0n) is 12.3. The van der Waals surface area contributed by atoms with Gasteiger partial charge in [-0.2, -0.15) is 9.57 Å². The molecule has 7 heteroatoms. The van der Waals surface area contributed by atoms with Gasteiger partial charge in [0.2, 0.25) is 10.0 Å². The summed E-state index contributed by atoms with van der Waals surface area (Å²) in [5.74, 6) is 0. The van der Waals surface area contributed by atoms with Crippen molar-refractivity contribution < 1.29 is 8.42 Å². The minimum Gasteiger partial charge on any atom is -0.288 e. The molecule has 3 rings (SSSR count). The van der Waals surface area contributed by atoms with Crippen LogP contribution in [0.25, 0.3) is 10.1 Å². The topological polar surface area (TPSA) is 64.4 Å². The van der Waals surface area contributed by atoms with Crippen molar-refractivity contribution in [2.24, 2.45) is 0 Å². The Bertz CT molecular complexity index is 828. The second kappa shape index (κ2) is 5.97. The normalized spacial score (nSPS) is 17.6. The Kier molecular flexibility index (Phi) is 4.19. The Morgan fingerprint density at radius 2 is 1.91 bits per heavy atom. The molecule has 0 saturated carbocycles. The van der Waals surface area contributed by atoms with E-state index in [0.717, 1.165) is 15.0 Å². The molecule has 5 nitrogen and oxygen atoms in total. The van der Waals surface area contributed by atoms with Gasteiger partial charge in [-0.1, -0.05) is 18.2 Å². The molecule has 2 heterocycles. The third-order valence-corrected chi connectivity index (χ3v) is 7.24. The van der Waals surface area contributed by atoms with Crippen LogP contribution in [0.4, 0.5) is 0 Å². The lowest BCUT2D eigenvalue weighted by molar-refractivity contribution is 0.206. The van der Waals surface area contributed by atoms with Crippen molar-refractivity contribution in [1.29, 1.82) is 5.26 Å². The minimum absolute atomic E-state index is 0.355. The molecule has 0 bridgehead atoms. The molecule has 0 aliphatic carbocycles. The van der Waals surface area contributed by atoms with Crippen molar-refractivity contribution in [2.45, 2.75) is 11.8 Å². The molecule has 2 aromatic rings. The van der Waals surface area contributed by atoms with Crippen LogP contribution < -0.4 is 0 Å². The van der Waals surface area contributed by atoms with Gasteiger partial charge in [-0.05, 0) is 13.0 Å². The van der Waals surface area contributed by atoms with Gasteiger partial charge in [0.25, 0.3) is 0 Å². The molecule has 1 aliphatic heterocycles. The van der Waals surface area contributed by atoms with Crippen molar-refractivity contribution in [3.05, 3.63) is 29.1 Å². The highest BCUT2D eigenvalue weighted by Gasteiger charge is 2.31. The molecule has 0 N–H and O–H groups in total. The SMILES string of the molecule is Cc1sc2ccccc2c1S(=O)(=O)N1CCN(CC#N)CC1. The maximum absolute atomic E-state index is 13.0. The van der Waals surface area contributed by atoms with Crippen LogP contribution in [-0.4, -0.2) is 50.3 Å². The van der Waals surface area contributed by atoms with Gasteiger partial charge < -0.3 is 0 Å². The maximum Gasteiger partial charge on any atom is 0.244 e. The molecule has 1 fully saturated rings. The van der Waals surface area contributed by atoms with Gasteiger partial charge in [-0.25, -0.2) is 8.42 Å². The van der Waals surface area contributed by atoms with Gasteiger partial charge in [-0.15, -0.1) is 11.3 Å². The van der Waals surface area contributed by atoms with Gasteiger partial charge in [0.05, 0.1) is 12.6 Å². The van der Waals surface area contributed by atoms with E-state index >= 15 is 0 Å². The first-order chi connectivity index (χ1) is 10.5. The molecule has 1 aromatic carbocycles. The average Bonchev–Trinajstić information content (AvgIpc) is 2.84. The molecule has 1 aromatic heterocycles. The predicted molar refractivity (Wildman–Crippen MR) is 87.4 cm³/mol. The molecule has 116 valence electrons. The van der Waals surface area contributed by atoms with Crippen LogP contribution in [0.5, 0.6) is 0 Å². The van der Waals surface area contributed by atoms with Crippen molar-refractivity contribution in [1.82, 2.24) is 9.21 Å². The van der Waals surface area contributed by atoms with Crippen LogP contribution in [0.1, 0.15) is 4.88 Å². The van der Waals surface area contributed by atoms with Gasteiger partial charge in [-0.3, -0.25) is 4.90 Å². The first-order valence-corrected chi connectivity index (χ1v) is 9.37. The maximum atomic E-state index is 13.0. The third kappa shape index (κ3) is 2.63. The van der Waals surface area contributed by atoms with Crippen LogP contribution in [-0.2, 0) is 10.0 Å². The number of hydrogen-bond donors (Lipinski definition) is 0.